The summed E-state index contributed by atoms with van der Waals surface area (Å²) in [6, 6.07) is 4.80. The van der Waals surface area contributed by atoms with Gasteiger partial charge in [0.2, 0.25) is 0 Å². The van der Waals surface area contributed by atoms with Gasteiger partial charge in [0.25, 0.3) is 0 Å². The third-order valence-electron chi connectivity index (χ3n) is 2.10. The normalized spacial score (nSPS) is 10.1. The zero-order valence-corrected chi connectivity index (χ0v) is 11.7. The first-order valence-electron chi connectivity index (χ1n) is 5.16. The maximum Gasteiger partial charge on any atom is 0.338 e. The van der Waals surface area contributed by atoms with Crippen LogP contribution in [0.3, 0.4) is 0 Å². The van der Waals surface area contributed by atoms with E-state index in [1.165, 1.54) is 6.07 Å². The van der Waals surface area contributed by atoms with Crippen molar-refractivity contribution in [3.05, 3.63) is 33.8 Å². The third-order valence-corrected chi connectivity index (χ3v) is 2.98. The molecule has 0 fully saturated rings. The number of ketones is 1. The smallest absolute Gasteiger partial charge is 0.338 e. The Labute approximate surface area is 113 Å². The third kappa shape index (κ3) is 3.82. The minimum absolute atomic E-state index is 0.0991. The van der Waals surface area contributed by atoms with Crippen molar-refractivity contribution in [2.75, 3.05) is 12.5 Å². The van der Waals surface area contributed by atoms with Gasteiger partial charge in [-0.05, 0) is 25.1 Å². The minimum atomic E-state index is -0.431. The molecule has 0 unspecified atom stereocenters. The Hall–Kier alpha value is -0.870. The molecule has 0 aliphatic heterocycles. The van der Waals surface area contributed by atoms with Crippen molar-refractivity contribution in [1.82, 2.24) is 0 Å². The van der Waals surface area contributed by atoms with E-state index in [4.69, 9.17) is 16.3 Å². The molecule has 0 spiro atoms. The molecule has 0 atom stereocenters. The van der Waals surface area contributed by atoms with Gasteiger partial charge < -0.3 is 4.74 Å². The number of hydrogen-bond donors (Lipinski definition) is 0. The lowest BCUT2D eigenvalue weighted by atomic mass is 10.1. The largest absolute Gasteiger partial charge is 0.462 e. The number of ether oxygens (including phenoxy) is 1. The standard InChI is InChI=1S/C12H12BrClO3/c1-2-17-12(16)8-3-4-10(13)9(7-8)11(15)5-6-14/h3-4,7H,2,5-6H2,1H3. The molecule has 1 aromatic rings. The SMILES string of the molecule is CCOC(=O)c1ccc(Br)c(C(=O)CCCl)c1. The Kier molecular flexibility index (Phi) is 5.65. The summed E-state index contributed by atoms with van der Waals surface area (Å²) in [4.78, 5) is 23.2. The average Bonchev–Trinajstić information content (AvgIpc) is 2.30. The summed E-state index contributed by atoms with van der Waals surface area (Å²) in [5.41, 5.74) is 0.823. The van der Waals surface area contributed by atoms with Gasteiger partial charge in [0.05, 0.1) is 12.2 Å². The molecule has 0 bridgehead atoms. The van der Waals surface area contributed by atoms with Gasteiger partial charge in [-0.25, -0.2) is 4.79 Å². The fraction of sp³-hybridized carbons (Fsp3) is 0.333. The van der Waals surface area contributed by atoms with E-state index in [2.05, 4.69) is 15.9 Å². The number of esters is 1. The van der Waals surface area contributed by atoms with Gasteiger partial charge in [-0.15, -0.1) is 11.6 Å². The number of hydrogen-bond acceptors (Lipinski definition) is 3. The van der Waals surface area contributed by atoms with Crippen LogP contribution in [0, 0.1) is 0 Å². The Morgan fingerprint density at radius 2 is 2.12 bits per heavy atom. The summed E-state index contributed by atoms with van der Waals surface area (Å²) in [7, 11) is 0. The molecule has 17 heavy (non-hydrogen) atoms. The number of carbonyl (C=O) groups excluding carboxylic acids is 2. The molecule has 1 rings (SSSR count). The number of Topliss-reactive ketones (excluding diaryl/α,β-unsaturated/α-hetero) is 1. The number of halogens is 2. The highest BCUT2D eigenvalue weighted by Gasteiger charge is 2.14. The summed E-state index contributed by atoms with van der Waals surface area (Å²) >= 11 is 8.80. The number of carbonyl (C=O) groups is 2. The summed E-state index contributed by atoms with van der Waals surface area (Å²) in [6.07, 6.45) is 0.242. The fourth-order valence-electron chi connectivity index (χ4n) is 1.30. The predicted octanol–water partition coefficient (Wildman–Crippen LogP) is 3.44. The average molecular weight is 320 g/mol. The molecule has 0 radical (unpaired) electrons. The maximum absolute atomic E-state index is 11.7. The molecule has 0 saturated carbocycles. The first-order chi connectivity index (χ1) is 8.10. The minimum Gasteiger partial charge on any atom is -0.462 e. The molecule has 0 amide bonds. The quantitative estimate of drug-likeness (QED) is 0.474. The molecule has 92 valence electrons. The summed E-state index contributed by atoms with van der Waals surface area (Å²) in [5.74, 6) is -0.271. The van der Waals surface area contributed by atoms with Crippen LogP contribution in [0.5, 0.6) is 0 Å². The van der Waals surface area contributed by atoms with E-state index in [0.717, 1.165) is 0 Å². The highest BCUT2D eigenvalue weighted by Crippen LogP contribution is 2.20. The van der Waals surface area contributed by atoms with E-state index in [1.807, 2.05) is 0 Å². The van der Waals surface area contributed by atoms with Crippen molar-refractivity contribution >= 4 is 39.3 Å². The summed E-state index contributed by atoms with van der Waals surface area (Å²) in [5, 5.41) is 0. The van der Waals surface area contributed by atoms with Crippen molar-refractivity contribution in [2.24, 2.45) is 0 Å². The molecule has 0 aliphatic rings. The molecule has 0 saturated heterocycles. The van der Waals surface area contributed by atoms with Crippen molar-refractivity contribution in [3.8, 4) is 0 Å². The van der Waals surface area contributed by atoms with E-state index in [9.17, 15) is 9.59 Å². The van der Waals surface area contributed by atoms with E-state index in [0.29, 0.717) is 22.2 Å². The Balaban J connectivity index is 3.02. The van der Waals surface area contributed by atoms with Crippen LogP contribution in [0.25, 0.3) is 0 Å². The van der Waals surface area contributed by atoms with Crippen molar-refractivity contribution < 1.29 is 14.3 Å². The van der Waals surface area contributed by atoms with Gasteiger partial charge >= 0.3 is 5.97 Å². The highest BCUT2D eigenvalue weighted by atomic mass is 79.9. The second-order valence-electron chi connectivity index (χ2n) is 3.28. The van der Waals surface area contributed by atoms with Crippen LogP contribution in [0.15, 0.2) is 22.7 Å². The summed E-state index contributed by atoms with van der Waals surface area (Å²) in [6.45, 7) is 2.04. The second kappa shape index (κ2) is 6.77. The van der Waals surface area contributed by atoms with Crippen LogP contribution in [-0.4, -0.2) is 24.2 Å². The lowest BCUT2D eigenvalue weighted by molar-refractivity contribution is 0.0526. The van der Waals surface area contributed by atoms with Crippen LogP contribution in [0.1, 0.15) is 34.1 Å². The molecular formula is C12H12BrClO3. The van der Waals surface area contributed by atoms with Gasteiger partial charge in [-0.2, -0.15) is 0 Å². The van der Waals surface area contributed by atoms with Gasteiger partial charge in [-0.1, -0.05) is 15.9 Å². The fourth-order valence-corrected chi connectivity index (χ4v) is 1.94. The molecule has 0 heterocycles. The second-order valence-corrected chi connectivity index (χ2v) is 4.51. The van der Waals surface area contributed by atoms with E-state index in [1.54, 1.807) is 19.1 Å². The van der Waals surface area contributed by atoms with Crippen LogP contribution in [0.4, 0.5) is 0 Å². The number of alkyl halides is 1. The lowest BCUT2D eigenvalue weighted by Gasteiger charge is -2.06. The Morgan fingerprint density at radius 1 is 1.41 bits per heavy atom. The first kappa shape index (κ1) is 14.2. The highest BCUT2D eigenvalue weighted by molar-refractivity contribution is 9.10. The van der Waals surface area contributed by atoms with Crippen molar-refractivity contribution in [1.29, 1.82) is 0 Å². The van der Waals surface area contributed by atoms with E-state index < -0.39 is 5.97 Å². The Bertz CT molecular complexity index is 432. The molecule has 5 heteroatoms. The van der Waals surface area contributed by atoms with Crippen LogP contribution < -0.4 is 0 Å². The molecule has 0 N–H and O–H groups in total. The Morgan fingerprint density at radius 3 is 2.71 bits per heavy atom. The summed E-state index contributed by atoms with van der Waals surface area (Å²) < 4.78 is 5.52. The monoisotopic (exact) mass is 318 g/mol. The van der Waals surface area contributed by atoms with Crippen molar-refractivity contribution in [3.63, 3.8) is 0 Å². The van der Waals surface area contributed by atoms with Crippen molar-refractivity contribution in [2.45, 2.75) is 13.3 Å². The van der Waals surface area contributed by atoms with Gasteiger partial charge in [0.1, 0.15) is 0 Å². The zero-order chi connectivity index (χ0) is 12.8. The topological polar surface area (TPSA) is 43.4 Å². The lowest BCUT2D eigenvalue weighted by Crippen LogP contribution is -2.08. The van der Waals surface area contributed by atoms with Crippen LogP contribution in [0.2, 0.25) is 0 Å². The maximum atomic E-state index is 11.7. The van der Waals surface area contributed by atoms with E-state index >= 15 is 0 Å². The zero-order valence-electron chi connectivity index (χ0n) is 9.33. The number of benzene rings is 1. The molecule has 0 aliphatic carbocycles. The van der Waals surface area contributed by atoms with Gasteiger partial charge in [-0.3, -0.25) is 4.79 Å². The predicted molar refractivity (Wildman–Crippen MR) is 69.8 cm³/mol. The molecule has 1 aromatic carbocycles. The first-order valence-corrected chi connectivity index (χ1v) is 6.48. The number of rotatable bonds is 5. The van der Waals surface area contributed by atoms with Gasteiger partial charge in [0, 0.05) is 22.3 Å². The van der Waals surface area contributed by atoms with E-state index in [-0.39, 0.29) is 18.1 Å². The van der Waals surface area contributed by atoms with Crippen LogP contribution >= 0.6 is 27.5 Å². The van der Waals surface area contributed by atoms with Crippen LogP contribution in [-0.2, 0) is 4.74 Å². The molecule has 3 nitrogen and oxygen atoms in total. The molecular weight excluding hydrogens is 307 g/mol. The van der Waals surface area contributed by atoms with Gasteiger partial charge in [0.15, 0.2) is 5.78 Å². The molecule has 0 aromatic heterocycles.